The van der Waals surface area contributed by atoms with E-state index in [1.54, 1.807) is 6.07 Å². The van der Waals surface area contributed by atoms with Gasteiger partial charge in [-0.1, -0.05) is 0 Å². The van der Waals surface area contributed by atoms with Gasteiger partial charge in [-0.05, 0) is 18.9 Å². The number of carbonyl (C=O) groups is 1. The van der Waals surface area contributed by atoms with E-state index < -0.39 is 11.6 Å². The summed E-state index contributed by atoms with van der Waals surface area (Å²) >= 11 is 0. The maximum Gasteiger partial charge on any atom is 0.323 e. The van der Waals surface area contributed by atoms with Crippen molar-refractivity contribution in [3.8, 4) is 0 Å². The number of imidazole rings is 1. The maximum absolute atomic E-state index is 11.7. The van der Waals surface area contributed by atoms with Crippen molar-refractivity contribution in [2.24, 2.45) is 0 Å². The van der Waals surface area contributed by atoms with Gasteiger partial charge < -0.3 is 15.3 Å². The quantitative estimate of drug-likeness (QED) is 0.693. The Morgan fingerprint density at radius 3 is 2.86 bits per heavy atom. The Balaban J connectivity index is 1.60. The number of amides is 1. The first-order valence-electron chi connectivity index (χ1n) is 6.77. The van der Waals surface area contributed by atoms with E-state index in [1.807, 2.05) is 0 Å². The predicted octanol–water partition coefficient (Wildman–Crippen LogP) is -0.433. The van der Waals surface area contributed by atoms with Gasteiger partial charge in [0.1, 0.15) is 5.69 Å². The van der Waals surface area contributed by atoms with Crippen molar-refractivity contribution in [1.29, 1.82) is 0 Å². The average molecular weight is 289 g/mol. The Morgan fingerprint density at radius 2 is 2.19 bits per heavy atom. The van der Waals surface area contributed by atoms with Gasteiger partial charge in [-0.25, -0.2) is 9.48 Å². The summed E-state index contributed by atoms with van der Waals surface area (Å²) in [6.45, 7) is 0.548. The minimum atomic E-state index is -0.435. The van der Waals surface area contributed by atoms with E-state index in [-0.39, 0.29) is 17.8 Å². The molecule has 2 aromatic rings. The monoisotopic (exact) mass is 289 g/mol. The number of nitrogens with one attached hydrogen (secondary N) is 3. The number of hydrogen-bond acceptors (Lipinski definition) is 4. The van der Waals surface area contributed by atoms with Crippen LogP contribution in [0.5, 0.6) is 0 Å². The van der Waals surface area contributed by atoms with Crippen LogP contribution in [-0.2, 0) is 6.54 Å². The van der Waals surface area contributed by atoms with Crippen LogP contribution in [0.4, 0.5) is 0 Å². The third-order valence-electron chi connectivity index (χ3n) is 3.33. The molecule has 1 saturated carbocycles. The molecule has 0 spiro atoms. The predicted molar refractivity (Wildman–Crippen MR) is 74.2 cm³/mol. The van der Waals surface area contributed by atoms with Crippen LogP contribution in [0.2, 0.25) is 0 Å². The standard InChI is InChI=1S/C13H15N5O3/c19-11-4-3-9(8-1-2-8)17-18(11)6-5-14-12(20)10-7-15-13(21)16-10/h3-4,7-8H,1-2,5-6H2,(H,14,20)(H2,15,16,21). The number of H-pyrrole nitrogens is 2. The van der Waals surface area contributed by atoms with Crippen molar-refractivity contribution < 1.29 is 4.79 Å². The Bertz CT molecular complexity index is 768. The fourth-order valence-corrected chi connectivity index (χ4v) is 2.05. The average Bonchev–Trinajstić information content (AvgIpc) is 3.22. The molecule has 3 N–H and O–H groups in total. The van der Waals surface area contributed by atoms with Crippen LogP contribution >= 0.6 is 0 Å². The maximum atomic E-state index is 11.7. The van der Waals surface area contributed by atoms with Gasteiger partial charge in [0.05, 0.1) is 12.2 Å². The Labute approximate surface area is 119 Å². The lowest BCUT2D eigenvalue weighted by Crippen LogP contribution is -2.32. The van der Waals surface area contributed by atoms with E-state index in [9.17, 15) is 14.4 Å². The molecule has 2 heterocycles. The van der Waals surface area contributed by atoms with Crippen molar-refractivity contribution >= 4 is 5.91 Å². The molecule has 0 atom stereocenters. The first-order chi connectivity index (χ1) is 10.1. The summed E-state index contributed by atoms with van der Waals surface area (Å²) in [7, 11) is 0. The van der Waals surface area contributed by atoms with E-state index in [4.69, 9.17) is 0 Å². The molecule has 1 fully saturated rings. The fourth-order valence-electron chi connectivity index (χ4n) is 2.05. The molecule has 0 radical (unpaired) electrons. The van der Waals surface area contributed by atoms with Crippen LogP contribution in [0.3, 0.4) is 0 Å². The SMILES string of the molecule is O=C(NCCn1nc(C2CC2)ccc1=O)c1c[nH]c(=O)[nH]1. The van der Waals surface area contributed by atoms with Crippen LogP contribution in [0.25, 0.3) is 0 Å². The number of carbonyl (C=O) groups excluding carboxylic acids is 1. The minimum Gasteiger partial charge on any atom is -0.349 e. The van der Waals surface area contributed by atoms with Crippen molar-refractivity contribution in [3.05, 3.63) is 50.6 Å². The molecule has 1 amide bonds. The zero-order chi connectivity index (χ0) is 14.8. The molecular formula is C13H15N5O3. The lowest BCUT2D eigenvalue weighted by atomic mass is 10.3. The highest BCUT2D eigenvalue weighted by Gasteiger charge is 2.25. The van der Waals surface area contributed by atoms with E-state index in [0.29, 0.717) is 12.5 Å². The fraction of sp³-hybridized carbons (Fsp3) is 0.385. The van der Waals surface area contributed by atoms with E-state index >= 15 is 0 Å². The highest BCUT2D eigenvalue weighted by molar-refractivity contribution is 5.91. The largest absolute Gasteiger partial charge is 0.349 e. The van der Waals surface area contributed by atoms with E-state index in [2.05, 4.69) is 20.4 Å². The molecule has 0 saturated heterocycles. The summed E-state index contributed by atoms with van der Waals surface area (Å²) in [6.07, 6.45) is 3.53. The van der Waals surface area contributed by atoms with Gasteiger partial charge in [0.25, 0.3) is 11.5 Å². The molecule has 0 unspecified atom stereocenters. The van der Waals surface area contributed by atoms with Gasteiger partial charge >= 0.3 is 5.69 Å². The second kappa shape index (κ2) is 5.39. The number of aromatic amines is 2. The van der Waals surface area contributed by atoms with Crippen molar-refractivity contribution in [2.75, 3.05) is 6.54 Å². The summed E-state index contributed by atoms with van der Waals surface area (Å²) in [5.74, 6) is 0.0659. The number of aromatic nitrogens is 4. The lowest BCUT2D eigenvalue weighted by molar-refractivity contribution is 0.0947. The summed E-state index contributed by atoms with van der Waals surface area (Å²) in [5, 5.41) is 6.92. The first-order valence-corrected chi connectivity index (χ1v) is 6.77. The van der Waals surface area contributed by atoms with Crippen LogP contribution in [0.15, 0.2) is 27.9 Å². The lowest BCUT2D eigenvalue weighted by Gasteiger charge is -2.07. The normalized spacial score (nSPS) is 14.1. The van der Waals surface area contributed by atoms with Crippen molar-refractivity contribution in [2.45, 2.75) is 25.3 Å². The number of rotatable bonds is 5. The van der Waals surface area contributed by atoms with Gasteiger partial charge in [-0.3, -0.25) is 9.59 Å². The van der Waals surface area contributed by atoms with Gasteiger partial charge in [-0.2, -0.15) is 5.10 Å². The second-order valence-electron chi connectivity index (χ2n) is 5.01. The van der Waals surface area contributed by atoms with Crippen molar-refractivity contribution in [3.63, 3.8) is 0 Å². The van der Waals surface area contributed by atoms with E-state index in [0.717, 1.165) is 18.5 Å². The summed E-state index contributed by atoms with van der Waals surface area (Å²) in [4.78, 5) is 39.0. The van der Waals surface area contributed by atoms with Gasteiger partial charge in [-0.15, -0.1) is 0 Å². The third-order valence-corrected chi connectivity index (χ3v) is 3.33. The summed E-state index contributed by atoms with van der Waals surface area (Å²) in [6, 6.07) is 3.27. The van der Waals surface area contributed by atoms with E-state index in [1.165, 1.54) is 16.9 Å². The smallest absolute Gasteiger partial charge is 0.323 e. The molecular weight excluding hydrogens is 274 g/mol. The van der Waals surface area contributed by atoms with Gasteiger partial charge in [0.2, 0.25) is 0 Å². The molecule has 1 aliphatic carbocycles. The number of hydrogen-bond donors (Lipinski definition) is 3. The Kier molecular flexibility index (Phi) is 3.43. The molecule has 0 bridgehead atoms. The molecule has 8 nitrogen and oxygen atoms in total. The zero-order valence-electron chi connectivity index (χ0n) is 11.3. The second-order valence-corrected chi connectivity index (χ2v) is 5.01. The summed E-state index contributed by atoms with van der Waals surface area (Å²) < 4.78 is 1.35. The Morgan fingerprint density at radius 1 is 1.38 bits per heavy atom. The first kappa shape index (κ1) is 13.3. The molecule has 21 heavy (non-hydrogen) atoms. The summed E-state index contributed by atoms with van der Waals surface area (Å²) in [5.41, 5.74) is 0.460. The molecule has 8 heteroatoms. The minimum absolute atomic E-state index is 0.159. The van der Waals surface area contributed by atoms with Crippen molar-refractivity contribution in [1.82, 2.24) is 25.1 Å². The van der Waals surface area contributed by atoms with Crippen LogP contribution in [0.1, 0.15) is 34.9 Å². The van der Waals surface area contributed by atoms with Gasteiger partial charge in [0.15, 0.2) is 0 Å². The number of nitrogens with zero attached hydrogens (tertiary/aromatic N) is 2. The molecule has 1 aliphatic rings. The highest BCUT2D eigenvalue weighted by Crippen LogP contribution is 2.38. The Hall–Kier alpha value is -2.64. The molecule has 0 aliphatic heterocycles. The molecule has 110 valence electrons. The molecule has 3 rings (SSSR count). The van der Waals surface area contributed by atoms with Crippen LogP contribution in [-0.4, -0.2) is 32.2 Å². The topological polar surface area (TPSA) is 113 Å². The van der Waals surface area contributed by atoms with Crippen LogP contribution < -0.4 is 16.6 Å². The highest BCUT2D eigenvalue weighted by atomic mass is 16.2. The third kappa shape index (κ3) is 3.10. The van der Waals surface area contributed by atoms with Crippen LogP contribution in [0, 0.1) is 0 Å². The zero-order valence-corrected chi connectivity index (χ0v) is 11.3. The molecule has 0 aromatic carbocycles. The molecule has 2 aromatic heterocycles. The van der Waals surface area contributed by atoms with Gasteiger partial charge in [0, 0.05) is 24.7 Å².